The maximum atomic E-state index is 13.2. The monoisotopic (exact) mass is 485 g/mol. The number of anilines is 1. The molecule has 1 heterocycles. The molecule has 0 fully saturated rings. The van der Waals surface area contributed by atoms with Crippen LogP contribution in [-0.2, 0) is 32.1 Å². The van der Waals surface area contributed by atoms with E-state index in [9.17, 15) is 27.6 Å². The molecule has 1 aromatic carbocycles. The van der Waals surface area contributed by atoms with Crippen LogP contribution >= 0.6 is 0 Å². The molecular formula is C24H30F3NO6. The number of halogens is 3. The summed E-state index contributed by atoms with van der Waals surface area (Å²) in [5.74, 6) is -3.02. The van der Waals surface area contributed by atoms with Gasteiger partial charge in [-0.2, -0.15) is 13.2 Å². The van der Waals surface area contributed by atoms with Crippen LogP contribution in [0.25, 0.3) is 0 Å². The number of amides is 1. The van der Waals surface area contributed by atoms with Gasteiger partial charge in [0, 0.05) is 24.6 Å². The van der Waals surface area contributed by atoms with E-state index in [4.69, 9.17) is 14.2 Å². The highest BCUT2D eigenvalue weighted by Crippen LogP contribution is 2.43. The van der Waals surface area contributed by atoms with Gasteiger partial charge in [-0.25, -0.2) is 4.79 Å². The average Bonchev–Trinajstić information content (AvgIpc) is 3.09. The zero-order valence-electron chi connectivity index (χ0n) is 20.4. The number of rotatable bonds is 7. The standard InChI is InChI=1S/C24H30F3NO6/c1-13(9-11-17(29)34-23(3,4)5)8-10-15-19(28(6)22(31)24(25,26)27)18-16(12-33-21(18)30)14(2)20(15)32-7/h8H,9-12H2,1-7H3/b13-8+. The molecule has 0 radical (unpaired) electrons. The van der Waals surface area contributed by atoms with Gasteiger partial charge in [0.25, 0.3) is 0 Å². The Bertz CT molecular complexity index is 1020. The van der Waals surface area contributed by atoms with E-state index in [0.717, 1.165) is 12.6 Å². The summed E-state index contributed by atoms with van der Waals surface area (Å²) in [6.45, 7) is 8.62. The molecule has 0 aromatic heterocycles. The minimum Gasteiger partial charge on any atom is -0.496 e. The molecule has 1 aliphatic rings. The highest BCUT2D eigenvalue weighted by molar-refractivity contribution is 6.07. The zero-order chi connectivity index (χ0) is 26.0. The van der Waals surface area contributed by atoms with Crippen molar-refractivity contribution in [3.63, 3.8) is 0 Å². The van der Waals surface area contributed by atoms with E-state index in [1.54, 1.807) is 40.7 Å². The Morgan fingerprint density at radius 2 is 1.79 bits per heavy atom. The van der Waals surface area contributed by atoms with Crippen LogP contribution in [-0.4, -0.2) is 43.8 Å². The van der Waals surface area contributed by atoms with Crippen LogP contribution in [0.4, 0.5) is 18.9 Å². The third-order valence-corrected chi connectivity index (χ3v) is 5.33. The first-order chi connectivity index (χ1) is 15.6. The van der Waals surface area contributed by atoms with Gasteiger partial charge in [-0.15, -0.1) is 0 Å². The number of carbonyl (C=O) groups is 3. The SMILES string of the molecule is COc1c(C)c2c(c(N(C)C(=O)C(F)(F)F)c1C/C=C(\C)CCC(=O)OC(C)(C)C)C(=O)OC2. The number of allylic oxidation sites excluding steroid dienone is 2. The molecule has 188 valence electrons. The first kappa shape index (κ1) is 27.2. The number of esters is 2. The summed E-state index contributed by atoms with van der Waals surface area (Å²) in [6, 6.07) is 0. The Morgan fingerprint density at radius 1 is 1.18 bits per heavy atom. The summed E-state index contributed by atoms with van der Waals surface area (Å²) >= 11 is 0. The molecule has 1 amide bonds. The van der Waals surface area contributed by atoms with Gasteiger partial charge in [0.05, 0.1) is 18.4 Å². The maximum Gasteiger partial charge on any atom is 0.471 e. The van der Waals surface area contributed by atoms with Crippen molar-refractivity contribution in [3.05, 3.63) is 33.9 Å². The van der Waals surface area contributed by atoms with Gasteiger partial charge >= 0.3 is 24.0 Å². The van der Waals surface area contributed by atoms with E-state index in [0.29, 0.717) is 22.4 Å². The van der Waals surface area contributed by atoms with E-state index >= 15 is 0 Å². The fourth-order valence-electron chi connectivity index (χ4n) is 3.76. The molecule has 0 saturated carbocycles. The van der Waals surface area contributed by atoms with Crippen molar-refractivity contribution in [1.29, 1.82) is 0 Å². The van der Waals surface area contributed by atoms with Crippen LogP contribution in [0.2, 0.25) is 0 Å². The van der Waals surface area contributed by atoms with E-state index in [1.165, 1.54) is 7.11 Å². The van der Waals surface area contributed by atoms with Gasteiger partial charge in [0.1, 0.15) is 18.0 Å². The molecule has 0 spiro atoms. The molecule has 0 saturated heterocycles. The van der Waals surface area contributed by atoms with Gasteiger partial charge in [0.2, 0.25) is 0 Å². The number of carbonyl (C=O) groups excluding carboxylic acids is 3. The van der Waals surface area contributed by atoms with E-state index < -0.39 is 23.7 Å². The fourth-order valence-corrected chi connectivity index (χ4v) is 3.76. The molecule has 0 aliphatic carbocycles. The van der Waals surface area contributed by atoms with Gasteiger partial charge < -0.3 is 19.1 Å². The predicted molar refractivity (Wildman–Crippen MR) is 119 cm³/mol. The first-order valence-electron chi connectivity index (χ1n) is 10.7. The number of ether oxygens (including phenoxy) is 3. The third kappa shape index (κ3) is 6.09. The number of hydrogen-bond donors (Lipinski definition) is 0. The van der Waals surface area contributed by atoms with Gasteiger partial charge in [0.15, 0.2) is 0 Å². The van der Waals surface area contributed by atoms with Crippen molar-refractivity contribution < 1.29 is 41.8 Å². The molecule has 0 bridgehead atoms. The van der Waals surface area contributed by atoms with Crippen molar-refractivity contribution in [2.75, 3.05) is 19.1 Å². The quantitative estimate of drug-likeness (QED) is 0.407. The Hall–Kier alpha value is -3.04. The summed E-state index contributed by atoms with van der Waals surface area (Å²) in [4.78, 5) is 36.9. The molecule has 10 heteroatoms. The largest absolute Gasteiger partial charge is 0.496 e. The van der Waals surface area contributed by atoms with Gasteiger partial charge in [-0.05, 0) is 53.0 Å². The van der Waals surface area contributed by atoms with Crippen LogP contribution in [0.5, 0.6) is 5.75 Å². The normalized spacial score (nSPS) is 13.9. The second-order valence-electron chi connectivity index (χ2n) is 9.12. The predicted octanol–water partition coefficient (Wildman–Crippen LogP) is 4.81. The Morgan fingerprint density at radius 3 is 2.32 bits per heavy atom. The maximum absolute atomic E-state index is 13.2. The molecule has 0 N–H and O–H groups in total. The van der Waals surface area contributed by atoms with Crippen LogP contribution in [0.1, 0.15) is 67.6 Å². The summed E-state index contributed by atoms with van der Waals surface area (Å²) < 4.78 is 55.6. The minimum atomic E-state index is -5.14. The summed E-state index contributed by atoms with van der Waals surface area (Å²) in [5.41, 5.74) is 1.08. The number of methoxy groups -OCH3 is 1. The van der Waals surface area contributed by atoms with Crippen molar-refractivity contribution in [2.24, 2.45) is 0 Å². The van der Waals surface area contributed by atoms with Crippen molar-refractivity contribution in [3.8, 4) is 5.75 Å². The minimum absolute atomic E-state index is 0.0650. The van der Waals surface area contributed by atoms with Crippen LogP contribution in [0, 0.1) is 6.92 Å². The topological polar surface area (TPSA) is 82.1 Å². The molecule has 1 aromatic rings. The molecule has 1 aliphatic heterocycles. The first-order valence-corrected chi connectivity index (χ1v) is 10.7. The van der Waals surface area contributed by atoms with E-state index in [2.05, 4.69) is 0 Å². The van der Waals surface area contributed by atoms with Gasteiger partial charge in [-0.3, -0.25) is 9.59 Å². The van der Waals surface area contributed by atoms with Crippen molar-refractivity contribution >= 4 is 23.5 Å². The molecular weight excluding hydrogens is 455 g/mol. The number of nitrogens with zero attached hydrogens (tertiary/aromatic N) is 1. The Labute approximate surface area is 196 Å². The lowest BCUT2D eigenvalue weighted by molar-refractivity contribution is -0.170. The lowest BCUT2D eigenvalue weighted by Gasteiger charge is -2.26. The van der Waals surface area contributed by atoms with Crippen molar-refractivity contribution in [1.82, 2.24) is 0 Å². The lowest BCUT2D eigenvalue weighted by atomic mass is 9.92. The Kier molecular flexibility index (Phi) is 8.06. The second kappa shape index (κ2) is 10.1. The molecule has 7 nitrogen and oxygen atoms in total. The van der Waals surface area contributed by atoms with Crippen LogP contribution < -0.4 is 9.64 Å². The highest BCUT2D eigenvalue weighted by atomic mass is 19.4. The summed E-state index contributed by atoms with van der Waals surface area (Å²) in [7, 11) is 2.33. The summed E-state index contributed by atoms with van der Waals surface area (Å²) in [5, 5.41) is 0. The Balaban J connectivity index is 2.48. The number of fused-ring (bicyclic) bond motifs is 1. The van der Waals surface area contributed by atoms with Gasteiger partial charge in [-0.1, -0.05) is 11.6 Å². The molecule has 0 unspecified atom stereocenters. The summed E-state index contributed by atoms with van der Waals surface area (Å²) in [6.07, 6.45) is -2.85. The van der Waals surface area contributed by atoms with E-state index in [1.807, 2.05) is 0 Å². The smallest absolute Gasteiger partial charge is 0.471 e. The lowest BCUT2D eigenvalue weighted by Crippen LogP contribution is -2.39. The molecule has 0 atom stereocenters. The highest BCUT2D eigenvalue weighted by Gasteiger charge is 2.44. The fraction of sp³-hybridized carbons (Fsp3) is 0.542. The number of benzene rings is 1. The molecule has 2 rings (SSSR count). The van der Waals surface area contributed by atoms with Crippen molar-refractivity contribution in [2.45, 2.75) is 72.3 Å². The van der Waals surface area contributed by atoms with E-state index in [-0.39, 0.29) is 48.0 Å². The number of alkyl halides is 3. The number of cyclic esters (lactones) is 1. The van der Waals surface area contributed by atoms with Crippen LogP contribution in [0.3, 0.4) is 0 Å². The zero-order valence-corrected chi connectivity index (χ0v) is 20.4. The molecule has 34 heavy (non-hydrogen) atoms. The van der Waals surface area contributed by atoms with Crippen LogP contribution in [0.15, 0.2) is 11.6 Å². The average molecular weight is 485 g/mol. The number of hydrogen-bond acceptors (Lipinski definition) is 6. The third-order valence-electron chi connectivity index (χ3n) is 5.33. The second-order valence-corrected chi connectivity index (χ2v) is 9.12.